The van der Waals surface area contributed by atoms with Crippen LogP contribution in [0.2, 0.25) is 0 Å². The Balaban J connectivity index is 2.19. The molecular formula is C14H12N2O2. The van der Waals surface area contributed by atoms with E-state index in [2.05, 4.69) is 9.97 Å². The zero-order valence-electron chi connectivity index (χ0n) is 9.81. The molecule has 0 amide bonds. The molecule has 3 aromatic rings. The van der Waals surface area contributed by atoms with Crippen molar-refractivity contribution in [3.05, 3.63) is 42.0 Å². The summed E-state index contributed by atoms with van der Waals surface area (Å²) in [6, 6.07) is 10.6. The molecule has 0 saturated carbocycles. The van der Waals surface area contributed by atoms with E-state index in [-0.39, 0.29) is 11.5 Å². The monoisotopic (exact) mass is 240 g/mol. The van der Waals surface area contributed by atoms with Gasteiger partial charge in [0.2, 0.25) is 0 Å². The summed E-state index contributed by atoms with van der Waals surface area (Å²) in [7, 11) is 0. The van der Waals surface area contributed by atoms with Crippen molar-refractivity contribution in [1.29, 1.82) is 0 Å². The van der Waals surface area contributed by atoms with Gasteiger partial charge in [-0.25, -0.2) is 4.98 Å². The summed E-state index contributed by atoms with van der Waals surface area (Å²) >= 11 is 0. The number of imidazole rings is 1. The van der Waals surface area contributed by atoms with Gasteiger partial charge >= 0.3 is 0 Å². The second-order valence-electron chi connectivity index (χ2n) is 4.26. The minimum atomic E-state index is -0.148. The van der Waals surface area contributed by atoms with Crippen LogP contribution in [0, 0.1) is 6.92 Å². The third-order valence-electron chi connectivity index (χ3n) is 2.96. The number of fused-ring (bicyclic) bond motifs is 1. The van der Waals surface area contributed by atoms with Crippen LogP contribution in [0.1, 0.15) is 5.56 Å². The van der Waals surface area contributed by atoms with Crippen molar-refractivity contribution in [2.24, 2.45) is 0 Å². The molecule has 0 atom stereocenters. The second kappa shape index (κ2) is 3.77. The van der Waals surface area contributed by atoms with Gasteiger partial charge in [-0.1, -0.05) is 12.1 Å². The molecule has 4 heteroatoms. The molecule has 1 heterocycles. The van der Waals surface area contributed by atoms with E-state index in [1.54, 1.807) is 6.07 Å². The van der Waals surface area contributed by atoms with Crippen LogP contribution in [0.3, 0.4) is 0 Å². The van der Waals surface area contributed by atoms with Gasteiger partial charge in [0, 0.05) is 5.56 Å². The van der Waals surface area contributed by atoms with Gasteiger partial charge in [-0.3, -0.25) is 0 Å². The lowest BCUT2D eigenvalue weighted by atomic mass is 10.2. The largest absolute Gasteiger partial charge is 0.504 e. The van der Waals surface area contributed by atoms with Gasteiger partial charge < -0.3 is 15.2 Å². The Bertz CT molecular complexity index is 732. The van der Waals surface area contributed by atoms with Crippen molar-refractivity contribution in [3.8, 4) is 22.9 Å². The topological polar surface area (TPSA) is 69.1 Å². The molecule has 18 heavy (non-hydrogen) atoms. The van der Waals surface area contributed by atoms with Crippen molar-refractivity contribution in [3.63, 3.8) is 0 Å². The predicted molar refractivity (Wildman–Crippen MR) is 69.6 cm³/mol. The van der Waals surface area contributed by atoms with E-state index < -0.39 is 0 Å². The van der Waals surface area contributed by atoms with E-state index in [1.807, 2.05) is 25.1 Å². The van der Waals surface area contributed by atoms with Crippen molar-refractivity contribution in [1.82, 2.24) is 9.97 Å². The molecule has 3 rings (SSSR count). The molecule has 90 valence electrons. The smallest absolute Gasteiger partial charge is 0.158 e. The lowest BCUT2D eigenvalue weighted by Crippen LogP contribution is -1.80. The SMILES string of the molecule is Cc1cccc2[nH]c(-c3ccc(O)c(O)c3)nc12. The van der Waals surface area contributed by atoms with E-state index in [4.69, 9.17) is 0 Å². The number of hydrogen-bond acceptors (Lipinski definition) is 3. The summed E-state index contributed by atoms with van der Waals surface area (Å²) < 4.78 is 0. The molecule has 0 saturated heterocycles. The van der Waals surface area contributed by atoms with Gasteiger partial charge in [0.25, 0.3) is 0 Å². The average molecular weight is 240 g/mol. The number of nitrogens with zero attached hydrogens (tertiary/aromatic N) is 1. The van der Waals surface area contributed by atoms with Gasteiger partial charge in [0.15, 0.2) is 11.5 Å². The number of nitrogens with one attached hydrogen (secondary N) is 1. The van der Waals surface area contributed by atoms with Crippen LogP contribution >= 0.6 is 0 Å². The fraction of sp³-hybridized carbons (Fsp3) is 0.0714. The molecule has 0 aliphatic heterocycles. The van der Waals surface area contributed by atoms with Crippen LogP contribution < -0.4 is 0 Å². The number of H-pyrrole nitrogens is 1. The molecule has 0 aliphatic carbocycles. The van der Waals surface area contributed by atoms with Crippen LogP contribution in [0.25, 0.3) is 22.4 Å². The quantitative estimate of drug-likeness (QED) is 0.573. The fourth-order valence-electron chi connectivity index (χ4n) is 1.98. The van der Waals surface area contributed by atoms with E-state index in [0.717, 1.165) is 22.2 Å². The molecule has 0 spiro atoms. The number of para-hydroxylation sites is 1. The van der Waals surface area contributed by atoms with Gasteiger partial charge in [0.1, 0.15) is 5.82 Å². The lowest BCUT2D eigenvalue weighted by Gasteiger charge is -1.99. The summed E-state index contributed by atoms with van der Waals surface area (Å²) in [4.78, 5) is 7.70. The number of aromatic nitrogens is 2. The van der Waals surface area contributed by atoms with Crippen molar-refractivity contribution < 1.29 is 10.2 Å². The van der Waals surface area contributed by atoms with E-state index in [9.17, 15) is 10.2 Å². The Morgan fingerprint density at radius 2 is 1.89 bits per heavy atom. The third kappa shape index (κ3) is 1.59. The Labute approximate surface area is 104 Å². The summed E-state index contributed by atoms with van der Waals surface area (Å²) in [6.45, 7) is 2.00. The molecule has 0 bridgehead atoms. The highest BCUT2D eigenvalue weighted by Gasteiger charge is 2.08. The first-order valence-corrected chi connectivity index (χ1v) is 5.63. The van der Waals surface area contributed by atoms with Gasteiger partial charge in [-0.15, -0.1) is 0 Å². The highest BCUT2D eigenvalue weighted by molar-refractivity contribution is 5.82. The maximum Gasteiger partial charge on any atom is 0.158 e. The first kappa shape index (κ1) is 10.7. The van der Waals surface area contributed by atoms with E-state index >= 15 is 0 Å². The summed E-state index contributed by atoms with van der Waals surface area (Å²) in [5.41, 5.74) is 3.71. The summed E-state index contributed by atoms with van der Waals surface area (Å²) in [5, 5.41) is 18.8. The average Bonchev–Trinajstić information content (AvgIpc) is 2.78. The fourth-order valence-corrected chi connectivity index (χ4v) is 1.98. The first-order chi connectivity index (χ1) is 8.65. The summed E-state index contributed by atoms with van der Waals surface area (Å²) in [6.07, 6.45) is 0. The lowest BCUT2D eigenvalue weighted by molar-refractivity contribution is 0.404. The minimum Gasteiger partial charge on any atom is -0.504 e. The number of benzene rings is 2. The highest BCUT2D eigenvalue weighted by Crippen LogP contribution is 2.30. The minimum absolute atomic E-state index is 0.133. The molecule has 4 nitrogen and oxygen atoms in total. The second-order valence-corrected chi connectivity index (χ2v) is 4.26. The molecule has 1 aromatic heterocycles. The van der Waals surface area contributed by atoms with E-state index in [1.165, 1.54) is 12.1 Å². The predicted octanol–water partition coefficient (Wildman–Crippen LogP) is 2.95. The Kier molecular flexibility index (Phi) is 2.23. The number of hydrogen-bond donors (Lipinski definition) is 3. The normalized spacial score (nSPS) is 10.9. The van der Waals surface area contributed by atoms with Crippen LogP contribution in [0.4, 0.5) is 0 Å². The number of aromatic amines is 1. The van der Waals surface area contributed by atoms with Crippen molar-refractivity contribution >= 4 is 11.0 Å². The molecule has 3 N–H and O–H groups in total. The molecule has 2 aromatic carbocycles. The van der Waals surface area contributed by atoms with E-state index in [0.29, 0.717) is 5.82 Å². The summed E-state index contributed by atoms with van der Waals surface area (Å²) in [5.74, 6) is 0.394. The number of aromatic hydroxyl groups is 2. The van der Waals surface area contributed by atoms with Crippen LogP contribution in [0.15, 0.2) is 36.4 Å². The molecule has 0 radical (unpaired) electrons. The van der Waals surface area contributed by atoms with Crippen LogP contribution in [-0.4, -0.2) is 20.2 Å². The third-order valence-corrected chi connectivity index (χ3v) is 2.96. The van der Waals surface area contributed by atoms with Gasteiger partial charge in [-0.05, 0) is 36.8 Å². The first-order valence-electron chi connectivity index (χ1n) is 5.63. The maximum atomic E-state index is 9.50. The van der Waals surface area contributed by atoms with Crippen molar-refractivity contribution in [2.45, 2.75) is 6.92 Å². The number of phenols is 2. The van der Waals surface area contributed by atoms with Crippen LogP contribution in [0.5, 0.6) is 11.5 Å². The molecule has 0 aliphatic rings. The molecule has 0 unspecified atom stereocenters. The number of rotatable bonds is 1. The van der Waals surface area contributed by atoms with Gasteiger partial charge in [0.05, 0.1) is 11.0 Å². The highest BCUT2D eigenvalue weighted by atomic mass is 16.3. The standard InChI is InChI=1S/C14H12N2O2/c1-8-3-2-4-10-13(8)16-14(15-10)9-5-6-11(17)12(18)7-9/h2-7,17-18H,1H3,(H,15,16). The van der Waals surface area contributed by atoms with Gasteiger partial charge in [-0.2, -0.15) is 0 Å². The Morgan fingerprint density at radius 1 is 1.06 bits per heavy atom. The number of aryl methyl sites for hydroxylation is 1. The zero-order valence-corrected chi connectivity index (χ0v) is 9.81. The molecule has 0 fully saturated rings. The molecular weight excluding hydrogens is 228 g/mol. The number of phenolic OH excluding ortho intramolecular Hbond substituents is 2. The zero-order chi connectivity index (χ0) is 12.7. The Hall–Kier alpha value is -2.49. The maximum absolute atomic E-state index is 9.50. The van der Waals surface area contributed by atoms with Crippen molar-refractivity contribution in [2.75, 3.05) is 0 Å². The van der Waals surface area contributed by atoms with Crippen LogP contribution in [-0.2, 0) is 0 Å². The Morgan fingerprint density at radius 3 is 2.61 bits per heavy atom.